The van der Waals surface area contributed by atoms with Gasteiger partial charge in [-0.05, 0) is 73.0 Å². The molecule has 0 fully saturated rings. The lowest BCUT2D eigenvalue weighted by Crippen LogP contribution is -2.40. The van der Waals surface area contributed by atoms with Crippen molar-refractivity contribution in [3.63, 3.8) is 0 Å². The van der Waals surface area contributed by atoms with Crippen LogP contribution in [0.25, 0.3) is 6.08 Å². The number of ether oxygens (including phenoxy) is 4. The van der Waals surface area contributed by atoms with Gasteiger partial charge in [-0.15, -0.1) is 0 Å². The molecule has 4 aromatic rings. The molecule has 45 heavy (non-hydrogen) atoms. The minimum Gasteiger partial charge on any atom is -0.496 e. The molecule has 0 N–H and O–H groups in total. The number of carbonyl (C=O) groups is 1. The van der Waals surface area contributed by atoms with E-state index in [0.29, 0.717) is 61.5 Å². The van der Waals surface area contributed by atoms with Crippen LogP contribution in [-0.2, 0) is 16.1 Å². The molecular weight excluding hydrogens is 680 g/mol. The number of nitrogens with zero attached hydrogens (tertiary/aromatic N) is 2. The van der Waals surface area contributed by atoms with Crippen LogP contribution < -0.4 is 29.1 Å². The largest absolute Gasteiger partial charge is 0.496 e. The van der Waals surface area contributed by atoms with Gasteiger partial charge in [-0.1, -0.05) is 70.4 Å². The Morgan fingerprint density at radius 1 is 1.02 bits per heavy atom. The number of esters is 1. The number of aromatic nitrogens is 1. The fraction of sp³-hybridized carbons (Fsp3) is 0.265. The van der Waals surface area contributed by atoms with Gasteiger partial charge in [-0.2, -0.15) is 0 Å². The van der Waals surface area contributed by atoms with Crippen molar-refractivity contribution in [1.82, 2.24) is 4.57 Å². The molecule has 0 spiro atoms. The average Bonchev–Trinajstić information content (AvgIpc) is 3.34. The van der Waals surface area contributed by atoms with E-state index in [9.17, 15) is 9.59 Å². The van der Waals surface area contributed by atoms with Crippen molar-refractivity contribution in [3.05, 3.63) is 118 Å². The quantitative estimate of drug-likeness (QED) is 0.163. The Hall–Kier alpha value is -3.86. The Bertz CT molecular complexity index is 1930. The number of thiazole rings is 1. The van der Waals surface area contributed by atoms with E-state index in [4.69, 9.17) is 35.5 Å². The van der Waals surface area contributed by atoms with Crippen LogP contribution in [0.3, 0.4) is 0 Å². The molecule has 3 aromatic carbocycles. The van der Waals surface area contributed by atoms with Gasteiger partial charge in [-0.3, -0.25) is 9.36 Å². The van der Waals surface area contributed by atoms with Gasteiger partial charge in [0.25, 0.3) is 5.56 Å². The number of fused-ring (bicyclic) bond motifs is 1. The van der Waals surface area contributed by atoms with Gasteiger partial charge in [0.05, 0.1) is 36.6 Å². The van der Waals surface area contributed by atoms with Crippen molar-refractivity contribution in [2.75, 3.05) is 20.8 Å². The molecule has 8 nitrogen and oxygen atoms in total. The van der Waals surface area contributed by atoms with Crippen molar-refractivity contribution < 1.29 is 23.7 Å². The molecule has 0 aliphatic carbocycles. The molecule has 0 saturated carbocycles. The molecule has 1 aliphatic rings. The highest BCUT2D eigenvalue weighted by molar-refractivity contribution is 9.10. The summed E-state index contributed by atoms with van der Waals surface area (Å²) in [7, 11) is 3.13. The van der Waals surface area contributed by atoms with Gasteiger partial charge >= 0.3 is 5.97 Å². The van der Waals surface area contributed by atoms with Gasteiger partial charge in [0.2, 0.25) is 0 Å². The molecule has 0 amide bonds. The predicted molar refractivity (Wildman–Crippen MR) is 179 cm³/mol. The summed E-state index contributed by atoms with van der Waals surface area (Å²) in [5.41, 5.74) is 3.00. The fourth-order valence-corrected chi connectivity index (χ4v) is 6.65. The van der Waals surface area contributed by atoms with Crippen LogP contribution in [0.5, 0.6) is 17.2 Å². The first kappa shape index (κ1) is 32.5. The zero-order chi connectivity index (χ0) is 32.1. The van der Waals surface area contributed by atoms with Crippen LogP contribution in [0.15, 0.2) is 86.2 Å². The summed E-state index contributed by atoms with van der Waals surface area (Å²) in [5, 5.41) is 0.659. The second-order valence-corrected chi connectivity index (χ2v) is 12.5. The summed E-state index contributed by atoms with van der Waals surface area (Å²) in [6, 6.07) is 17.6. The minimum absolute atomic E-state index is 0.190. The number of methoxy groups -OCH3 is 2. The smallest absolute Gasteiger partial charge is 0.338 e. The summed E-state index contributed by atoms with van der Waals surface area (Å²) in [5.74, 6) is 1.12. The van der Waals surface area contributed by atoms with Crippen molar-refractivity contribution in [2.45, 2.75) is 39.3 Å². The summed E-state index contributed by atoms with van der Waals surface area (Å²) in [6.07, 6.45) is 3.09. The van der Waals surface area contributed by atoms with Crippen LogP contribution in [0, 0.1) is 0 Å². The molecule has 0 radical (unpaired) electrons. The lowest BCUT2D eigenvalue weighted by molar-refractivity contribution is -0.139. The third kappa shape index (κ3) is 7.03. The maximum atomic E-state index is 14.2. The monoisotopic (exact) mass is 710 g/mol. The first-order chi connectivity index (χ1) is 21.8. The van der Waals surface area contributed by atoms with Gasteiger partial charge in [0.1, 0.15) is 18.4 Å². The number of carbonyl (C=O) groups excluding carboxylic acids is 1. The number of halogens is 2. The molecule has 5 rings (SSSR count). The molecule has 0 unspecified atom stereocenters. The second kappa shape index (κ2) is 14.5. The van der Waals surface area contributed by atoms with Crippen LogP contribution in [0.4, 0.5) is 0 Å². The van der Waals surface area contributed by atoms with Gasteiger partial charge < -0.3 is 18.9 Å². The number of hydrogen-bond donors (Lipinski definition) is 0. The Labute approximate surface area is 278 Å². The van der Waals surface area contributed by atoms with E-state index in [-0.39, 0.29) is 12.2 Å². The molecule has 2 heterocycles. The molecule has 11 heteroatoms. The van der Waals surface area contributed by atoms with E-state index in [0.717, 1.165) is 22.0 Å². The van der Waals surface area contributed by atoms with Crippen molar-refractivity contribution in [2.24, 2.45) is 4.99 Å². The predicted octanol–water partition coefficient (Wildman–Crippen LogP) is 6.59. The number of benzene rings is 3. The summed E-state index contributed by atoms with van der Waals surface area (Å²) < 4.78 is 25.6. The summed E-state index contributed by atoms with van der Waals surface area (Å²) >= 11 is 10.8. The van der Waals surface area contributed by atoms with E-state index in [1.807, 2.05) is 61.5 Å². The number of rotatable bonds is 11. The van der Waals surface area contributed by atoms with Gasteiger partial charge in [0.15, 0.2) is 16.3 Å². The summed E-state index contributed by atoms with van der Waals surface area (Å²) in [4.78, 5) is 33.0. The number of allylic oxidation sites excluding steroid dienone is 1. The molecule has 1 atom stereocenters. The first-order valence-electron chi connectivity index (χ1n) is 14.4. The van der Waals surface area contributed by atoms with Crippen LogP contribution in [0.1, 0.15) is 49.4 Å². The van der Waals surface area contributed by atoms with Gasteiger partial charge in [0, 0.05) is 15.1 Å². The summed E-state index contributed by atoms with van der Waals surface area (Å²) in [6.45, 7) is 4.30. The Balaban J connectivity index is 1.61. The van der Waals surface area contributed by atoms with E-state index >= 15 is 0 Å². The highest BCUT2D eigenvalue weighted by Crippen LogP contribution is 2.38. The van der Waals surface area contributed by atoms with Crippen molar-refractivity contribution in [1.29, 1.82) is 0 Å². The highest BCUT2D eigenvalue weighted by atomic mass is 79.9. The standard InChI is InChI=1S/C34H32BrClN2O6S/c1-5-7-25-30(33(40)43-6-2)31(24-18-22(35)11-15-26(24)41-3)38-32(39)29(45-34(38)37-25)17-21-10-14-27(28(16-21)42-4)44-19-20-8-12-23(36)13-9-20/h8-18,31H,5-7,19H2,1-4H3/b29-17+/t31-/m1/s1. The Morgan fingerprint density at radius 3 is 2.44 bits per heavy atom. The van der Waals surface area contributed by atoms with Crippen LogP contribution in [-0.4, -0.2) is 31.4 Å². The van der Waals surface area contributed by atoms with Crippen LogP contribution >= 0.6 is 38.9 Å². The molecule has 0 saturated heterocycles. The van der Waals surface area contributed by atoms with E-state index < -0.39 is 12.0 Å². The Morgan fingerprint density at radius 2 is 1.76 bits per heavy atom. The zero-order valence-corrected chi connectivity index (χ0v) is 28.4. The second-order valence-electron chi connectivity index (χ2n) is 10.1. The maximum absolute atomic E-state index is 14.2. The molecular formula is C34H32BrClN2O6S. The third-order valence-electron chi connectivity index (χ3n) is 7.17. The molecule has 1 aliphatic heterocycles. The normalized spacial score (nSPS) is 14.5. The lowest BCUT2D eigenvalue weighted by Gasteiger charge is -2.27. The maximum Gasteiger partial charge on any atom is 0.338 e. The first-order valence-corrected chi connectivity index (χ1v) is 16.4. The van der Waals surface area contributed by atoms with E-state index in [1.165, 1.54) is 11.3 Å². The number of hydrogen-bond acceptors (Lipinski definition) is 8. The lowest BCUT2D eigenvalue weighted by atomic mass is 9.93. The third-order valence-corrected chi connectivity index (χ3v) is 8.90. The molecule has 0 bridgehead atoms. The highest BCUT2D eigenvalue weighted by Gasteiger charge is 2.36. The van der Waals surface area contributed by atoms with Crippen molar-refractivity contribution >= 4 is 50.9 Å². The van der Waals surface area contributed by atoms with Crippen LogP contribution in [0.2, 0.25) is 5.02 Å². The van der Waals surface area contributed by atoms with E-state index in [2.05, 4.69) is 15.9 Å². The fourth-order valence-electron chi connectivity index (χ4n) is 5.12. The average molecular weight is 712 g/mol. The van der Waals surface area contributed by atoms with E-state index in [1.54, 1.807) is 37.9 Å². The SMILES string of the molecule is CCCC1=C(C(=O)OCC)[C@@H](c2cc(Br)ccc2OC)n2c(s/c(=C/c3ccc(OCc4ccc(Cl)cc4)c(OC)c3)c2=O)=N1. The Kier molecular flexibility index (Phi) is 10.5. The molecule has 234 valence electrons. The zero-order valence-electron chi connectivity index (χ0n) is 25.3. The van der Waals surface area contributed by atoms with Gasteiger partial charge in [-0.25, -0.2) is 9.79 Å². The van der Waals surface area contributed by atoms with Crippen molar-refractivity contribution in [3.8, 4) is 17.2 Å². The topological polar surface area (TPSA) is 88.4 Å². The minimum atomic E-state index is -0.797. The molecule has 1 aromatic heterocycles.